The zero-order chi connectivity index (χ0) is 19.1. The number of esters is 1. The maximum absolute atomic E-state index is 12.4. The van der Waals surface area contributed by atoms with Crippen molar-refractivity contribution >= 4 is 28.4 Å². The molecule has 0 spiro atoms. The molecule has 1 aromatic rings. The van der Waals surface area contributed by atoms with Gasteiger partial charge in [-0.25, -0.2) is 14.6 Å². The van der Waals surface area contributed by atoms with Gasteiger partial charge in [-0.2, -0.15) is 0 Å². The first-order valence-corrected chi connectivity index (χ1v) is 9.85. The van der Waals surface area contributed by atoms with Gasteiger partial charge < -0.3 is 19.3 Å². The van der Waals surface area contributed by atoms with Gasteiger partial charge in [0.25, 0.3) is 0 Å². The number of aromatic nitrogens is 1. The number of rotatable bonds is 3. The fourth-order valence-electron chi connectivity index (χ4n) is 3.01. The van der Waals surface area contributed by atoms with Gasteiger partial charge in [0.15, 0.2) is 5.69 Å². The third-order valence-corrected chi connectivity index (χ3v) is 5.75. The van der Waals surface area contributed by atoms with Crippen LogP contribution in [0.2, 0.25) is 0 Å². The minimum Gasteiger partial charge on any atom is -0.464 e. The minimum absolute atomic E-state index is 0.0180. The second-order valence-electron chi connectivity index (χ2n) is 7.94. The maximum atomic E-state index is 12.4. The lowest BCUT2D eigenvalue weighted by atomic mass is 10.2. The number of carbonyl (C=O) groups is 2. The number of anilines is 1. The van der Waals surface area contributed by atoms with E-state index in [0.29, 0.717) is 31.2 Å². The Morgan fingerprint density at radius 2 is 1.92 bits per heavy atom. The van der Waals surface area contributed by atoms with Gasteiger partial charge in [0.2, 0.25) is 0 Å². The van der Waals surface area contributed by atoms with Crippen LogP contribution < -0.4 is 4.90 Å². The molecule has 0 bridgehead atoms. The highest BCUT2D eigenvalue weighted by Gasteiger charge is 2.35. The van der Waals surface area contributed by atoms with Crippen LogP contribution in [0.15, 0.2) is 0 Å². The Balaban J connectivity index is 1.74. The van der Waals surface area contributed by atoms with E-state index in [9.17, 15) is 9.59 Å². The highest BCUT2D eigenvalue weighted by atomic mass is 32.1. The summed E-state index contributed by atoms with van der Waals surface area (Å²) in [7, 11) is 1.38. The van der Waals surface area contributed by atoms with E-state index in [2.05, 4.69) is 9.88 Å². The smallest absolute Gasteiger partial charge is 0.410 e. The van der Waals surface area contributed by atoms with E-state index in [4.69, 9.17) is 9.47 Å². The Bertz CT molecular complexity index is 693. The number of ether oxygens (including phenoxy) is 2. The lowest BCUT2D eigenvalue weighted by Crippen LogP contribution is -2.55. The van der Waals surface area contributed by atoms with Gasteiger partial charge in [0.05, 0.1) is 12.1 Å². The molecule has 1 aromatic heterocycles. The Morgan fingerprint density at radius 1 is 1.23 bits per heavy atom. The zero-order valence-electron chi connectivity index (χ0n) is 16.1. The Kier molecular flexibility index (Phi) is 5.14. The summed E-state index contributed by atoms with van der Waals surface area (Å²) >= 11 is 1.58. The molecule has 1 aliphatic carbocycles. The third-order valence-electron chi connectivity index (χ3n) is 4.47. The largest absolute Gasteiger partial charge is 0.464 e. The number of amides is 1. The van der Waals surface area contributed by atoms with E-state index in [0.717, 1.165) is 22.9 Å². The van der Waals surface area contributed by atoms with E-state index >= 15 is 0 Å². The van der Waals surface area contributed by atoms with Gasteiger partial charge in [-0.05, 0) is 40.5 Å². The summed E-state index contributed by atoms with van der Waals surface area (Å²) in [4.78, 5) is 33.0. The van der Waals surface area contributed by atoms with Crippen LogP contribution >= 0.6 is 11.3 Å². The monoisotopic (exact) mass is 381 g/mol. The molecule has 1 saturated carbocycles. The fraction of sp³-hybridized carbons (Fsp3) is 0.722. The average Bonchev–Trinajstić information content (AvgIpc) is 3.31. The number of methoxy groups -OCH3 is 1. The molecule has 8 heteroatoms. The summed E-state index contributed by atoms with van der Waals surface area (Å²) in [5.41, 5.74) is -0.111. The third kappa shape index (κ3) is 4.11. The molecule has 1 aliphatic heterocycles. The predicted octanol–water partition coefficient (Wildman–Crippen LogP) is 3.25. The van der Waals surface area contributed by atoms with Gasteiger partial charge in [0, 0.05) is 31.6 Å². The molecule has 7 nitrogen and oxygen atoms in total. The summed E-state index contributed by atoms with van der Waals surface area (Å²) in [6.07, 6.45) is 1.98. The molecule has 2 heterocycles. The molecule has 0 N–H and O–H groups in total. The number of thiazole rings is 1. The van der Waals surface area contributed by atoms with Gasteiger partial charge in [-0.15, -0.1) is 11.3 Å². The number of nitrogens with zero attached hydrogens (tertiary/aromatic N) is 3. The van der Waals surface area contributed by atoms with Crippen LogP contribution in [-0.2, 0) is 9.47 Å². The molecule has 26 heavy (non-hydrogen) atoms. The topological polar surface area (TPSA) is 72.0 Å². The number of carbonyl (C=O) groups excluding carboxylic acids is 2. The molecule has 2 fully saturated rings. The molecule has 2 aliphatic rings. The average molecular weight is 381 g/mol. The van der Waals surface area contributed by atoms with Crippen LogP contribution in [0.3, 0.4) is 0 Å². The first-order valence-electron chi connectivity index (χ1n) is 9.03. The van der Waals surface area contributed by atoms with Crippen molar-refractivity contribution in [3.8, 4) is 0 Å². The van der Waals surface area contributed by atoms with E-state index in [1.807, 2.05) is 27.7 Å². The van der Waals surface area contributed by atoms with Crippen molar-refractivity contribution < 1.29 is 19.1 Å². The molecule has 0 radical (unpaired) electrons. The van der Waals surface area contributed by atoms with E-state index < -0.39 is 11.6 Å². The normalized spacial score (nSPS) is 20.9. The van der Waals surface area contributed by atoms with Crippen LogP contribution in [0.4, 0.5) is 9.80 Å². The van der Waals surface area contributed by atoms with Crippen LogP contribution in [0, 0.1) is 0 Å². The molecule has 1 amide bonds. The SMILES string of the molecule is COC(=O)c1nc(C2CC2)sc1N1CCN(C(=O)OC(C)(C)C)C(C)C1. The predicted molar refractivity (Wildman–Crippen MR) is 100 cm³/mol. The Hall–Kier alpha value is -1.83. The Morgan fingerprint density at radius 3 is 2.46 bits per heavy atom. The van der Waals surface area contributed by atoms with Crippen molar-refractivity contribution in [3.63, 3.8) is 0 Å². The summed E-state index contributed by atoms with van der Waals surface area (Å²) in [5, 5.41) is 1.87. The molecular weight excluding hydrogens is 354 g/mol. The molecule has 0 aromatic carbocycles. The van der Waals surface area contributed by atoms with E-state index in [-0.39, 0.29) is 12.1 Å². The number of hydrogen-bond donors (Lipinski definition) is 0. The summed E-state index contributed by atoms with van der Waals surface area (Å²) in [6, 6.07) is -0.0180. The molecule has 3 rings (SSSR count). The van der Waals surface area contributed by atoms with Crippen molar-refractivity contribution in [1.29, 1.82) is 0 Å². The van der Waals surface area contributed by atoms with Gasteiger partial charge in [-0.1, -0.05) is 0 Å². The standard InChI is InChI=1S/C18H27N3O4S/c1-11-10-20(8-9-21(11)17(23)25-18(2,3)4)15-13(16(22)24-5)19-14(26-15)12-6-7-12/h11-12H,6-10H2,1-5H3. The van der Waals surface area contributed by atoms with Gasteiger partial charge in [0.1, 0.15) is 10.6 Å². The Labute approximate surface area is 158 Å². The first kappa shape index (κ1) is 18.9. The van der Waals surface area contributed by atoms with Crippen molar-refractivity contribution in [2.45, 2.75) is 58.1 Å². The quantitative estimate of drug-likeness (QED) is 0.749. The number of hydrogen-bond acceptors (Lipinski definition) is 7. The lowest BCUT2D eigenvalue weighted by molar-refractivity contribution is 0.0158. The van der Waals surface area contributed by atoms with Crippen LogP contribution in [0.5, 0.6) is 0 Å². The molecular formula is C18H27N3O4S. The first-order chi connectivity index (χ1) is 12.2. The van der Waals surface area contributed by atoms with Crippen molar-refractivity contribution in [1.82, 2.24) is 9.88 Å². The summed E-state index contributed by atoms with van der Waals surface area (Å²) < 4.78 is 10.4. The molecule has 1 atom stereocenters. The molecule has 1 unspecified atom stereocenters. The maximum Gasteiger partial charge on any atom is 0.410 e. The summed E-state index contributed by atoms with van der Waals surface area (Å²) in [5.74, 6) is 0.0861. The molecule has 144 valence electrons. The van der Waals surface area contributed by atoms with Crippen LogP contribution in [-0.4, -0.2) is 60.3 Å². The highest BCUT2D eigenvalue weighted by Crippen LogP contribution is 2.45. The van der Waals surface area contributed by atoms with Crippen molar-refractivity contribution in [2.24, 2.45) is 0 Å². The minimum atomic E-state index is -0.511. The second kappa shape index (κ2) is 7.06. The number of piperazine rings is 1. The van der Waals surface area contributed by atoms with Gasteiger partial charge >= 0.3 is 12.1 Å². The van der Waals surface area contributed by atoms with E-state index in [1.54, 1.807) is 16.2 Å². The zero-order valence-corrected chi connectivity index (χ0v) is 16.9. The van der Waals surface area contributed by atoms with Crippen molar-refractivity contribution in [2.75, 3.05) is 31.6 Å². The highest BCUT2D eigenvalue weighted by molar-refractivity contribution is 7.16. The van der Waals surface area contributed by atoms with Crippen LogP contribution in [0.1, 0.15) is 62.0 Å². The van der Waals surface area contributed by atoms with Crippen molar-refractivity contribution in [3.05, 3.63) is 10.7 Å². The summed E-state index contributed by atoms with van der Waals surface area (Å²) in [6.45, 7) is 9.42. The lowest BCUT2D eigenvalue weighted by Gasteiger charge is -2.40. The van der Waals surface area contributed by atoms with Crippen LogP contribution in [0.25, 0.3) is 0 Å². The second-order valence-corrected chi connectivity index (χ2v) is 8.95. The van der Waals surface area contributed by atoms with E-state index in [1.165, 1.54) is 7.11 Å². The molecule has 1 saturated heterocycles. The van der Waals surface area contributed by atoms with Gasteiger partial charge in [-0.3, -0.25) is 0 Å². The fourth-order valence-corrected chi connectivity index (χ4v) is 4.27.